The fraction of sp³-hybridized carbons (Fsp3) is 0.522. The maximum absolute atomic E-state index is 12.7. The Morgan fingerprint density at radius 1 is 1.00 bits per heavy atom. The first-order valence-corrected chi connectivity index (χ1v) is 10.8. The van der Waals surface area contributed by atoms with Gasteiger partial charge in [0.1, 0.15) is 0 Å². The van der Waals surface area contributed by atoms with Gasteiger partial charge in [0.05, 0.1) is 23.9 Å². The average Bonchev–Trinajstić information content (AvgIpc) is 3.00. The summed E-state index contributed by atoms with van der Waals surface area (Å²) in [6.07, 6.45) is 0. The van der Waals surface area contributed by atoms with Crippen molar-refractivity contribution in [3.8, 4) is 0 Å². The number of hydrogen-bond donors (Lipinski definition) is 0. The summed E-state index contributed by atoms with van der Waals surface area (Å²) >= 11 is 0. The first kappa shape index (κ1) is 26.8. The molecule has 1 aromatic rings. The van der Waals surface area contributed by atoms with Gasteiger partial charge < -0.3 is 14.2 Å². The Bertz CT molecular complexity index is 918. The molecule has 9 heteroatoms. The number of fused-ring (bicyclic) bond motifs is 1. The van der Waals surface area contributed by atoms with E-state index in [1.165, 1.54) is 12.0 Å². The second-order valence-electron chi connectivity index (χ2n) is 7.25. The van der Waals surface area contributed by atoms with Crippen molar-refractivity contribution in [1.29, 1.82) is 0 Å². The van der Waals surface area contributed by atoms with E-state index in [0.29, 0.717) is 6.54 Å². The molecule has 2 heterocycles. The molecule has 0 aliphatic carbocycles. The number of cyclic esters (lactones) is 1. The topological polar surface area (TPSA) is 107 Å². The summed E-state index contributed by atoms with van der Waals surface area (Å²) in [5.41, 5.74) is 0.312. The van der Waals surface area contributed by atoms with Crippen LogP contribution in [0.4, 0.5) is 5.69 Å². The van der Waals surface area contributed by atoms with E-state index in [1.54, 1.807) is 32.0 Å². The van der Waals surface area contributed by atoms with Crippen LogP contribution in [0.5, 0.6) is 0 Å². The summed E-state index contributed by atoms with van der Waals surface area (Å²) in [5, 5.41) is 7.88. The first-order chi connectivity index (χ1) is 15.1. The highest BCUT2D eigenvalue weighted by Crippen LogP contribution is 2.33. The Kier molecular flexibility index (Phi) is 9.55. The summed E-state index contributed by atoms with van der Waals surface area (Å²) in [6, 6.07) is 4.70. The van der Waals surface area contributed by atoms with Crippen molar-refractivity contribution < 1.29 is 28.6 Å². The van der Waals surface area contributed by atoms with Crippen LogP contribution in [0.3, 0.4) is 0 Å². The minimum absolute atomic E-state index is 0.124. The van der Waals surface area contributed by atoms with Gasteiger partial charge in [0.15, 0.2) is 0 Å². The molecule has 1 aromatic carbocycles. The zero-order chi connectivity index (χ0) is 24.6. The highest BCUT2D eigenvalue weighted by molar-refractivity contribution is 6.23. The molecule has 0 spiro atoms. The van der Waals surface area contributed by atoms with Crippen molar-refractivity contribution in [3.05, 3.63) is 41.0 Å². The number of esters is 1. The van der Waals surface area contributed by atoms with Gasteiger partial charge in [0, 0.05) is 20.4 Å². The number of benzene rings is 1. The number of carbonyl (C=O) groups is 3. The highest BCUT2D eigenvalue weighted by atomic mass is 16.8. The van der Waals surface area contributed by atoms with Crippen LogP contribution in [-0.2, 0) is 19.0 Å². The van der Waals surface area contributed by atoms with Gasteiger partial charge in [0.2, 0.25) is 0 Å². The molecule has 2 aliphatic heterocycles. The molecule has 0 N–H and O–H groups in total. The van der Waals surface area contributed by atoms with Gasteiger partial charge in [-0.15, -0.1) is 10.2 Å². The van der Waals surface area contributed by atoms with Crippen LogP contribution in [0.25, 0.3) is 0 Å². The smallest absolute Gasteiger partial charge is 0.369 e. The lowest BCUT2D eigenvalue weighted by Gasteiger charge is -2.30. The van der Waals surface area contributed by atoms with Crippen LogP contribution < -0.4 is 0 Å². The standard InChI is InChI=1S/C19H21N3O6.2C2H6/c1-10(2)9-22-15(23)11-7-6-8-12(13(11)16(22)24)20-21-14-17(25)27-19(3,4)28-18(14)26-5;2*1-2/h6-8,10H,9H2,1-5H3;2*1-2H3. The summed E-state index contributed by atoms with van der Waals surface area (Å²) in [4.78, 5) is 38.7. The van der Waals surface area contributed by atoms with Crippen LogP contribution >= 0.6 is 0 Å². The van der Waals surface area contributed by atoms with Crippen molar-refractivity contribution in [2.75, 3.05) is 13.7 Å². The molecule has 176 valence electrons. The molecule has 0 unspecified atom stereocenters. The molecule has 0 saturated carbocycles. The van der Waals surface area contributed by atoms with Crippen molar-refractivity contribution in [3.63, 3.8) is 0 Å². The molecule has 0 radical (unpaired) electrons. The van der Waals surface area contributed by atoms with E-state index in [9.17, 15) is 14.4 Å². The number of azo groups is 1. The van der Waals surface area contributed by atoms with E-state index in [4.69, 9.17) is 14.2 Å². The lowest BCUT2D eigenvalue weighted by molar-refractivity contribution is -0.224. The Morgan fingerprint density at radius 3 is 2.19 bits per heavy atom. The normalized spacial score (nSPS) is 16.7. The summed E-state index contributed by atoms with van der Waals surface area (Å²) in [5.74, 6) is -2.79. The summed E-state index contributed by atoms with van der Waals surface area (Å²) in [6.45, 7) is 15.2. The third-order valence-electron chi connectivity index (χ3n) is 4.03. The van der Waals surface area contributed by atoms with Crippen molar-refractivity contribution in [2.24, 2.45) is 16.1 Å². The lowest BCUT2D eigenvalue weighted by atomic mass is 10.1. The molecule has 3 rings (SSSR count). The zero-order valence-corrected chi connectivity index (χ0v) is 20.3. The van der Waals surface area contributed by atoms with Gasteiger partial charge in [-0.3, -0.25) is 14.5 Å². The largest absolute Gasteiger partial charge is 0.467 e. The van der Waals surface area contributed by atoms with Crippen LogP contribution in [0.15, 0.2) is 40.1 Å². The van der Waals surface area contributed by atoms with Crippen molar-refractivity contribution in [2.45, 2.75) is 61.2 Å². The number of methoxy groups -OCH3 is 1. The SMILES string of the molecule is CC.CC.COC1=C(N=Nc2cccc3c2C(=O)N(CC(C)C)C3=O)C(=O)OC(C)(C)O1. The number of ether oxygens (including phenoxy) is 3. The molecule has 0 fully saturated rings. The Hall–Kier alpha value is -3.23. The van der Waals surface area contributed by atoms with E-state index in [2.05, 4.69) is 10.2 Å². The molecule has 32 heavy (non-hydrogen) atoms. The monoisotopic (exact) mass is 447 g/mol. The average molecular weight is 448 g/mol. The van der Waals surface area contributed by atoms with E-state index in [0.717, 1.165) is 0 Å². The molecular formula is C23H33N3O6. The molecular weight excluding hydrogens is 414 g/mol. The first-order valence-electron chi connectivity index (χ1n) is 10.8. The van der Waals surface area contributed by atoms with Crippen molar-refractivity contribution >= 4 is 23.5 Å². The van der Waals surface area contributed by atoms with Gasteiger partial charge >= 0.3 is 11.9 Å². The number of rotatable bonds is 5. The maximum Gasteiger partial charge on any atom is 0.369 e. The third kappa shape index (κ3) is 5.72. The summed E-state index contributed by atoms with van der Waals surface area (Å²) < 4.78 is 15.6. The van der Waals surface area contributed by atoms with Gasteiger partial charge in [-0.1, -0.05) is 47.6 Å². The molecule has 9 nitrogen and oxygen atoms in total. The fourth-order valence-corrected chi connectivity index (χ4v) is 2.90. The molecule has 0 atom stereocenters. The van der Waals surface area contributed by atoms with E-state index >= 15 is 0 Å². The van der Waals surface area contributed by atoms with E-state index in [1.807, 2.05) is 41.5 Å². The number of imide groups is 1. The minimum Gasteiger partial charge on any atom is -0.467 e. The van der Waals surface area contributed by atoms with Gasteiger partial charge in [-0.05, 0) is 18.1 Å². The lowest BCUT2D eigenvalue weighted by Crippen LogP contribution is -2.37. The second kappa shape index (κ2) is 11.4. The Labute approximate surface area is 189 Å². The zero-order valence-electron chi connectivity index (χ0n) is 20.3. The minimum atomic E-state index is -1.20. The predicted octanol–water partition coefficient (Wildman–Crippen LogP) is 5.20. The summed E-state index contributed by atoms with van der Waals surface area (Å²) in [7, 11) is 1.33. The number of hydrogen-bond acceptors (Lipinski definition) is 8. The van der Waals surface area contributed by atoms with E-state index < -0.39 is 17.7 Å². The van der Waals surface area contributed by atoms with Crippen molar-refractivity contribution in [1.82, 2.24) is 4.90 Å². The van der Waals surface area contributed by atoms with Gasteiger partial charge in [0.25, 0.3) is 23.3 Å². The fourth-order valence-electron chi connectivity index (χ4n) is 2.90. The molecule has 2 amide bonds. The second-order valence-corrected chi connectivity index (χ2v) is 7.25. The van der Waals surface area contributed by atoms with Gasteiger partial charge in [-0.2, -0.15) is 0 Å². The van der Waals surface area contributed by atoms with Crippen LogP contribution in [0.2, 0.25) is 0 Å². The Morgan fingerprint density at radius 2 is 1.62 bits per heavy atom. The van der Waals surface area contributed by atoms with Crippen LogP contribution in [0.1, 0.15) is 76.1 Å². The van der Waals surface area contributed by atoms with Crippen LogP contribution in [-0.4, -0.2) is 42.1 Å². The molecule has 0 saturated heterocycles. The molecule has 0 bridgehead atoms. The number of carbonyl (C=O) groups excluding carboxylic acids is 3. The van der Waals surface area contributed by atoms with Crippen LogP contribution in [0, 0.1) is 5.92 Å². The number of nitrogens with zero attached hydrogens (tertiary/aromatic N) is 3. The molecule has 2 aliphatic rings. The number of amides is 2. The predicted molar refractivity (Wildman–Crippen MR) is 119 cm³/mol. The third-order valence-corrected chi connectivity index (χ3v) is 4.03. The molecule has 0 aromatic heterocycles. The Balaban J connectivity index is 0.00000121. The van der Waals surface area contributed by atoms with Gasteiger partial charge in [-0.25, -0.2) is 4.79 Å². The highest BCUT2D eigenvalue weighted by Gasteiger charge is 2.39. The van der Waals surface area contributed by atoms with E-state index in [-0.39, 0.29) is 40.3 Å². The maximum atomic E-state index is 12.7. The quantitative estimate of drug-likeness (QED) is 0.349.